The maximum absolute atomic E-state index is 12.2. The van der Waals surface area contributed by atoms with Crippen LogP contribution in [0.5, 0.6) is 11.5 Å². The van der Waals surface area contributed by atoms with E-state index in [4.69, 9.17) is 9.47 Å². The largest absolute Gasteiger partial charge is 0.493 e. The predicted octanol–water partition coefficient (Wildman–Crippen LogP) is 5.63. The number of carbonyl (C=O) groups excluding carboxylic acids is 1. The van der Waals surface area contributed by atoms with Crippen molar-refractivity contribution in [3.63, 3.8) is 0 Å². The number of rotatable bonds is 12. The molecule has 0 saturated carbocycles. The number of likely N-dealkylation sites (N-methyl/N-ethyl adjacent to an activating group) is 1. The van der Waals surface area contributed by atoms with Gasteiger partial charge in [0.05, 0.1) is 6.61 Å². The Labute approximate surface area is 224 Å². The van der Waals surface area contributed by atoms with Crippen molar-refractivity contribution < 1.29 is 14.3 Å². The van der Waals surface area contributed by atoms with Crippen molar-refractivity contribution in [2.45, 2.75) is 13.0 Å². The van der Waals surface area contributed by atoms with Crippen LogP contribution in [0.4, 0.5) is 10.5 Å². The smallest absolute Gasteiger partial charge is 0.319 e. The van der Waals surface area contributed by atoms with Gasteiger partial charge in [-0.05, 0) is 67.2 Å². The molecule has 7 nitrogen and oxygen atoms in total. The van der Waals surface area contributed by atoms with Crippen LogP contribution in [0.15, 0.2) is 97.3 Å². The summed E-state index contributed by atoms with van der Waals surface area (Å²) in [5.41, 5.74) is 5.05. The van der Waals surface area contributed by atoms with Gasteiger partial charge in [0, 0.05) is 43.2 Å². The molecule has 0 bridgehead atoms. The van der Waals surface area contributed by atoms with Gasteiger partial charge in [-0.25, -0.2) is 4.79 Å². The van der Waals surface area contributed by atoms with Crippen LogP contribution in [-0.2, 0) is 13.0 Å². The number of nitrogens with one attached hydrogen (secondary N) is 2. The zero-order chi connectivity index (χ0) is 26.6. The lowest BCUT2D eigenvalue weighted by Gasteiger charge is -2.16. The highest BCUT2D eigenvalue weighted by Gasteiger charge is 2.11. The van der Waals surface area contributed by atoms with Crippen molar-refractivity contribution in [3.05, 3.63) is 108 Å². The van der Waals surface area contributed by atoms with Gasteiger partial charge in [-0.2, -0.15) is 0 Å². The number of urea groups is 1. The maximum Gasteiger partial charge on any atom is 0.319 e. The predicted molar refractivity (Wildman–Crippen MR) is 152 cm³/mol. The van der Waals surface area contributed by atoms with Gasteiger partial charge in [0.2, 0.25) is 0 Å². The van der Waals surface area contributed by atoms with E-state index in [0.29, 0.717) is 25.4 Å². The highest BCUT2D eigenvalue weighted by molar-refractivity contribution is 5.89. The first-order valence-electron chi connectivity index (χ1n) is 12.7. The van der Waals surface area contributed by atoms with Crippen LogP contribution in [0.25, 0.3) is 11.1 Å². The van der Waals surface area contributed by atoms with Crippen molar-refractivity contribution in [1.82, 2.24) is 15.2 Å². The molecule has 38 heavy (non-hydrogen) atoms. The number of aromatic nitrogens is 1. The first-order chi connectivity index (χ1) is 18.6. The molecule has 0 aliphatic rings. The third kappa shape index (κ3) is 8.08. The molecule has 0 radical (unpaired) electrons. The molecule has 4 rings (SSSR count). The summed E-state index contributed by atoms with van der Waals surface area (Å²) in [5, 5.41) is 5.65. The Bertz CT molecular complexity index is 1290. The van der Waals surface area contributed by atoms with E-state index in [1.54, 1.807) is 12.4 Å². The molecule has 0 saturated heterocycles. The number of pyridine rings is 1. The maximum atomic E-state index is 12.2. The van der Waals surface area contributed by atoms with E-state index >= 15 is 0 Å². The summed E-state index contributed by atoms with van der Waals surface area (Å²) >= 11 is 0. The van der Waals surface area contributed by atoms with Crippen molar-refractivity contribution >= 4 is 11.7 Å². The van der Waals surface area contributed by atoms with E-state index < -0.39 is 0 Å². The van der Waals surface area contributed by atoms with Gasteiger partial charge in [-0.1, -0.05) is 48.5 Å². The second-order valence-corrected chi connectivity index (χ2v) is 9.10. The van der Waals surface area contributed by atoms with Crippen molar-refractivity contribution in [1.29, 1.82) is 0 Å². The number of nitrogens with zero attached hydrogens (tertiary/aromatic N) is 2. The van der Waals surface area contributed by atoms with Gasteiger partial charge in [0.15, 0.2) is 0 Å². The quantitative estimate of drug-likeness (QED) is 0.258. The molecule has 3 aromatic carbocycles. The zero-order valence-electron chi connectivity index (χ0n) is 21.9. The lowest BCUT2D eigenvalue weighted by Crippen LogP contribution is -2.28. The van der Waals surface area contributed by atoms with E-state index in [0.717, 1.165) is 41.2 Å². The molecule has 0 aliphatic carbocycles. The molecule has 0 fully saturated rings. The summed E-state index contributed by atoms with van der Waals surface area (Å²) in [7, 11) is 4.08. The van der Waals surface area contributed by atoms with Gasteiger partial charge < -0.3 is 25.0 Å². The molecular formula is C31H34N4O3. The molecular weight excluding hydrogens is 476 g/mol. The molecule has 1 heterocycles. The number of anilines is 1. The topological polar surface area (TPSA) is 75.7 Å². The van der Waals surface area contributed by atoms with Gasteiger partial charge in [-0.3, -0.25) is 4.98 Å². The fourth-order valence-corrected chi connectivity index (χ4v) is 3.93. The van der Waals surface area contributed by atoms with Crippen molar-refractivity contribution in [2.24, 2.45) is 0 Å². The number of hydrogen-bond donors (Lipinski definition) is 2. The summed E-state index contributed by atoms with van der Waals surface area (Å²) in [4.78, 5) is 18.3. The third-order valence-electron chi connectivity index (χ3n) is 5.92. The minimum absolute atomic E-state index is 0.273. The first kappa shape index (κ1) is 26.7. The molecule has 7 heteroatoms. The number of ether oxygens (including phenoxy) is 2. The fourth-order valence-electron chi connectivity index (χ4n) is 3.93. The SMILES string of the molecule is CN(C)CCOc1ccccc1-c1ccccc1CCOc1ccc(NC(=O)NCc2cccnc2)cc1. The van der Waals surface area contributed by atoms with E-state index in [-0.39, 0.29) is 6.03 Å². The van der Waals surface area contributed by atoms with Gasteiger partial charge in [-0.15, -0.1) is 0 Å². The summed E-state index contributed by atoms with van der Waals surface area (Å²) in [5.74, 6) is 1.63. The lowest BCUT2D eigenvalue weighted by atomic mass is 9.97. The zero-order valence-corrected chi connectivity index (χ0v) is 21.9. The molecule has 1 aromatic heterocycles. The molecule has 4 aromatic rings. The minimum atomic E-state index is -0.273. The van der Waals surface area contributed by atoms with E-state index in [2.05, 4.69) is 44.8 Å². The summed E-state index contributed by atoms with van der Waals surface area (Å²) in [6, 6.07) is 27.4. The Morgan fingerprint density at radius 1 is 0.842 bits per heavy atom. The van der Waals surface area contributed by atoms with Gasteiger partial charge in [0.1, 0.15) is 18.1 Å². The minimum Gasteiger partial charge on any atom is -0.493 e. The molecule has 0 unspecified atom stereocenters. The molecule has 0 aliphatic heterocycles. The van der Waals surface area contributed by atoms with Crippen LogP contribution in [0, 0.1) is 0 Å². The second-order valence-electron chi connectivity index (χ2n) is 9.10. The number of amides is 2. The van der Waals surface area contributed by atoms with E-state index in [9.17, 15) is 4.79 Å². The number of para-hydroxylation sites is 1. The molecule has 2 N–H and O–H groups in total. The standard InChI is InChI=1S/C31H34N4O3/c1-35(2)19-21-38-30-12-6-5-11-29(30)28-10-4-3-9-25(28)17-20-37-27-15-13-26(14-16-27)34-31(36)33-23-24-8-7-18-32-22-24/h3-16,18,22H,17,19-21,23H2,1-2H3,(H2,33,34,36). The molecule has 0 atom stereocenters. The summed E-state index contributed by atoms with van der Waals surface area (Å²) < 4.78 is 12.1. The Balaban J connectivity index is 1.30. The van der Waals surface area contributed by atoms with Gasteiger partial charge in [0.25, 0.3) is 0 Å². The summed E-state index contributed by atoms with van der Waals surface area (Å²) in [6.07, 6.45) is 4.18. The van der Waals surface area contributed by atoms with Crippen LogP contribution in [0.3, 0.4) is 0 Å². The van der Waals surface area contributed by atoms with Crippen LogP contribution in [0.1, 0.15) is 11.1 Å². The first-order valence-corrected chi connectivity index (χ1v) is 12.7. The Morgan fingerprint density at radius 2 is 1.61 bits per heavy atom. The normalized spacial score (nSPS) is 10.7. The van der Waals surface area contributed by atoms with E-state index in [1.165, 1.54) is 5.56 Å². The monoisotopic (exact) mass is 510 g/mol. The van der Waals surface area contributed by atoms with Crippen molar-refractivity contribution in [2.75, 3.05) is 39.2 Å². The third-order valence-corrected chi connectivity index (χ3v) is 5.92. The van der Waals surface area contributed by atoms with Gasteiger partial charge >= 0.3 is 6.03 Å². The highest BCUT2D eigenvalue weighted by Crippen LogP contribution is 2.32. The van der Waals surface area contributed by atoms with Crippen LogP contribution in [-0.4, -0.2) is 49.8 Å². The average molecular weight is 511 g/mol. The number of carbonyl (C=O) groups is 1. The lowest BCUT2D eigenvalue weighted by molar-refractivity contribution is 0.251. The second kappa shape index (κ2) is 13.8. The fraction of sp³-hybridized carbons (Fsp3) is 0.226. The van der Waals surface area contributed by atoms with E-state index in [1.807, 2.05) is 74.8 Å². The summed E-state index contributed by atoms with van der Waals surface area (Å²) in [6.45, 7) is 2.43. The van der Waals surface area contributed by atoms with Crippen molar-refractivity contribution in [3.8, 4) is 22.6 Å². The number of hydrogen-bond acceptors (Lipinski definition) is 5. The Morgan fingerprint density at radius 3 is 2.37 bits per heavy atom. The average Bonchev–Trinajstić information content (AvgIpc) is 2.94. The molecule has 0 spiro atoms. The Hall–Kier alpha value is -4.36. The van der Waals surface area contributed by atoms with Crippen LogP contribution in [0.2, 0.25) is 0 Å². The highest BCUT2D eigenvalue weighted by atomic mass is 16.5. The Kier molecular flexibility index (Phi) is 9.70. The molecule has 196 valence electrons. The van der Waals surface area contributed by atoms with Crippen LogP contribution >= 0.6 is 0 Å². The number of benzene rings is 3. The van der Waals surface area contributed by atoms with Crippen LogP contribution < -0.4 is 20.1 Å². The molecule has 2 amide bonds.